The molecule has 5 heterocycles. The molecule has 10 nitrogen and oxygen atoms in total. The fourth-order valence-corrected chi connectivity index (χ4v) is 6.20. The normalized spacial score (nSPS) is 16.5. The molecule has 0 aliphatic carbocycles. The molecule has 226 valence electrons. The molecule has 0 bridgehead atoms. The number of fused-ring (bicyclic) bond motifs is 2. The molecule has 2 aliphatic heterocycles. The first-order chi connectivity index (χ1) is 21.4. The van der Waals surface area contributed by atoms with E-state index in [2.05, 4.69) is 14.5 Å². The zero-order chi connectivity index (χ0) is 30.2. The van der Waals surface area contributed by atoms with E-state index in [-0.39, 0.29) is 11.7 Å². The molecule has 2 aromatic carbocycles. The fraction of sp³-hybridized carbons (Fsp3) is 0.312. The third-order valence-electron chi connectivity index (χ3n) is 8.25. The number of carboxylic acids is 1. The van der Waals surface area contributed by atoms with Crippen LogP contribution in [0.2, 0.25) is 10.0 Å². The topological polar surface area (TPSA) is 108 Å². The van der Waals surface area contributed by atoms with Crippen LogP contribution in [0.15, 0.2) is 61.2 Å². The van der Waals surface area contributed by atoms with Crippen molar-refractivity contribution >= 4 is 40.2 Å². The van der Waals surface area contributed by atoms with E-state index >= 15 is 0 Å². The largest absolute Gasteiger partial charge is 0.478 e. The molecule has 1 atom stereocenters. The van der Waals surface area contributed by atoms with E-state index in [0.29, 0.717) is 48.7 Å². The molecule has 1 fully saturated rings. The minimum Gasteiger partial charge on any atom is -0.478 e. The van der Waals surface area contributed by atoms with Gasteiger partial charge in [-0.15, -0.1) is 0 Å². The number of aromatic carboxylic acids is 1. The lowest BCUT2D eigenvalue weighted by molar-refractivity contribution is -0.0592. The number of ether oxygens (including phenoxy) is 2. The standard InChI is InChI=1S/C32H30Cl2N6O4/c33-24-3-1-22(23(11-24)14-39-9-7-35-19-39)18-44-31-26(34)12-20-5-8-38(16-28(20)37-31)17-30-36-27-4-2-21(32(41)42)13-29(27)40(30)15-25-6-10-43-25/h1-4,7,9,11-13,19,25H,5-6,8,10,14-18H2,(H,41,42)/t25-/m0/s1. The molecule has 0 unspecified atom stereocenters. The monoisotopic (exact) mass is 632 g/mol. The number of carboxylic acid groups (broad SMARTS) is 1. The Morgan fingerprint density at radius 3 is 2.75 bits per heavy atom. The van der Waals surface area contributed by atoms with Crippen LogP contribution in [0, 0.1) is 0 Å². The van der Waals surface area contributed by atoms with Gasteiger partial charge in [0.05, 0.1) is 47.8 Å². The predicted molar refractivity (Wildman–Crippen MR) is 165 cm³/mol. The van der Waals surface area contributed by atoms with Crippen LogP contribution < -0.4 is 4.74 Å². The molecule has 1 N–H and O–H groups in total. The van der Waals surface area contributed by atoms with E-state index in [9.17, 15) is 9.90 Å². The van der Waals surface area contributed by atoms with Gasteiger partial charge in [0.1, 0.15) is 17.5 Å². The molecule has 7 rings (SSSR count). The first kappa shape index (κ1) is 28.8. The van der Waals surface area contributed by atoms with Crippen molar-refractivity contribution in [3.63, 3.8) is 0 Å². The van der Waals surface area contributed by atoms with Gasteiger partial charge in [0.2, 0.25) is 5.88 Å². The number of aromatic nitrogens is 5. The Bertz CT molecular complexity index is 1840. The summed E-state index contributed by atoms with van der Waals surface area (Å²) in [6.45, 7) is 4.32. The molecule has 0 radical (unpaired) electrons. The molecule has 5 aromatic rings. The number of rotatable bonds is 10. The van der Waals surface area contributed by atoms with Crippen molar-refractivity contribution < 1.29 is 19.4 Å². The zero-order valence-electron chi connectivity index (χ0n) is 23.8. The summed E-state index contributed by atoms with van der Waals surface area (Å²) in [4.78, 5) is 27.8. The Morgan fingerprint density at radius 2 is 1.98 bits per heavy atom. The van der Waals surface area contributed by atoms with Gasteiger partial charge in [-0.1, -0.05) is 29.3 Å². The van der Waals surface area contributed by atoms with E-state index in [4.69, 9.17) is 42.6 Å². The van der Waals surface area contributed by atoms with Crippen molar-refractivity contribution in [2.24, 2.45) is 0 Å². The summed E-state index contributed by atoms with van der Waals surface area (Å²) in [5.41, 5.74) is 5.87. The minimum absolute atomic E-state index is 0.103. The van der Waals surface area contributed by atoms with Crippen LogP contribution in [0.25, 0.3) is 11.0 Å². The van der Waals surface area contributed by atoms with Gasteiger partial charge in [-0.2, -0.15) is 0 Å². The molecule has 2 aliphatic rings. The number of hydrogen-bond donors (Lipinski definition) is 1. The fourth-order valence-electron chi connectivity index (χ4n) is 5.77. The van der Waals surface area contributed by atoms with Crippen LogP contribution in [-0.2, 0) is 43.9 Å². The zero-order valence-corrected chi connectivity index (χ0v) is 25.3. The van der Waals surface area contributed by atoms with E-state index in [1.165, 1.54) is 0 Å². The van der Waals surface area contributed by atoms with E-state index in [1.807, 2.05) is 35.0 Å². The second-order valence-electron chi connectivity index (χ2n) is 11.2. The maximum Gasteiger partial charge on any atom is 0.335 e. The van der Waals surface area contributed by atoms with E-state index < -0.39 is 5.97 Å². The van der Waals surface area contributed by atoms with Crippen LogP contribution in [-0.4, -0.2) is 59.3 Å². The molecule has 44 heavy (non-hydrogen) atoms. The SMILES string of the molecule is O=C(O)c1ccc2nc(CN3CCc4cc(Cl)c(OCc5ccc(Cl)cc5Cn5ccnc5)nc4C3)n(C[C@@H]3CCO3)c2c1. The summed E-state index contributed by atoms with van der Waals surface area (Å²) in [6.07, 6.45) is 7.29. The lowest BCUT2D eigenvalue weighted by Gasteiger charge is -2.30. The number of halogens is 2. The molecule has 0 saturated carbocycles. The highest BCUT2D eigenvalue weighted by atomic mass is 35.5. The summed E-state index contributed by atoms with van der Waals surface area (Å²) in [7, 11) is 0. The van der Waals surface area contributed by atoms with Crippen LogP contribution in [0.4, 0.5) is 0 Å². The summed E-state index contributed by atoms with van der Waals surface area (Å²) in [6, 6.07) is 12.8. The highest BCUT2D eigenvalue weighted by Gasteiger charge is 2.26. The Morgan fingerprint density at radius 1 is 1.09 bits per heavy atom. The van der Waals surface area contributed by atoms with Gasteiger partial charge in [-0.3, -0.25) is 4.90 Å². The van der Waals surface area contributed by atoms with Crippen molar-refractivity contribution in [2.75, 3.05) is 13.2 Å². The van der Waals surface area contributed by atoms with Crippen molar-refractivity contribution in [3.05, 3.63) is 105 Å². The Labute approximate surface area is 263 Å². The second kappa shape index (κ2) is 12.2. The lowest BCUT2D eigenvalue weighted by Crippen LogP contribution is -2.34. The Kier molecular flexibility index (Phi) is 7.98. The van der Waals surface area contributed by atoms with E-state index in [1.54, 1.807) is 30.7 Å². The number of imidazole rings is 2. The van der Waals surface area contributed by atoms with Crippen LogP contribution >= 0.6 is 23.2 Å². The molecule has 12 heteroatoms. The lowest BCUT2D eigenvalue weighted by atomic mass is 10.1. The van der Waals surface area contributed by atoms with Crippen molar-refractivity contribution in [3.8, 4) is 5.88 Å². The minimum atomic E-state index is -0.957. The molecular formula is C32H30Cl2N6O4. The Hall–Kier alpha value is -3.96. The first-order valence-corrected chi connectivity index (χ1v) is 15.3. The predicted octanol–water partition coefficient (Wildman–Crippen LogP) is 5.61. The van der Waals surface area contributed by atoms with Gasteiger partial charge >= 0.3 is 5.97 Å². The number of hydrogen-bond acceptors (Lipinski definition) is 7. The number of nitrogens with zero attached hydrogens (tertiary/aromatic N) is 6. The number of carbonyl (C=O) groups is 1. The third-order valence-corrected chi connectivity index (χ3v) is 8.75. The van der Waals surface area contributed by atoms with Crippen molar-refractivity contribution in [2.45, 2.75) is 51.7 Å². The van der Waals surface area contributed by atoms with Gasteiger partial charge in [-0.25, -0.2) is 19.7 Å². The number of benzene rings is 2. The average Bonchev–Trinajstić information content (AvgIpc) is 3.61. The summed E-state index contributed by atoms with van der Waals surface area (Å²) < 4.78 is 16.0. The summed E-state index contributed by atoms with van der Waals surface area (Å²) in [5.74, 6) is 0.313. The summed E-state index contributed by atoms with van der Waals surface area (Å²) in [5, 5.41) is 10.7. The first-order valence-electron chi connectivity index (χ1n) is 14.5. The maximum atomic E-state index is 11.7. The third kappa shape index (κ3) is 6.03. The molecule has 0 spiro atoms. The van der Waals surface area contributed by atoms with Gasteiger partial charge in [-0.05, 0) is 65.9 Å². The van der Waals surface area contributed by atoms with Crippen LogP contribution in [0.3, 0.4) is 0 Å². The van der Waals surface area contributed by atoms with Gasteiger partial charge in [0, 0.05) is 43.7 Å². The smallest absolute Gasteiger partial charge is 0.335 e. The second-order valence-corrected chi connectivity index (χ2v) is 12.1. The number of pyridine rings is 1. The van der Waals surface area contributed by atoms with E-state index in [0.717, 1.165) is 65.2 Å². The maximum absolute atomic E-state index is 11.7. The van der Waals surface area contributed by atoms with Crippen molar-refractivity contribution in [1.82, 2.24) is 29.0 Å². The van der Waals surface area contributed by atoms with Gasteiger partial charge in [0.25, 0.3) is 0 Å². The highest BCUT2D eigenvalue weighted by Crippen LogP contribution is 2.31. The quantitative estimate of drug-likeness (QED) is 0.212. The van der Waals surface area contributed by atoms with Crippen LogP contribution in [0.1, 0.15) is 45.0 Å². The molecular weight excluding hydrogens is 603 g/mol. The Balaban J connectivity index is 1.10. The van der Waals surface area contributed by atoms with Gasteiger partial charge < -0.3 is 23.7 Å². The molecule has 0 amide bonds. The molecule has 1 saturated heterocycles. The average molecular weight is 634 g/mol. The van der Waals surface area contributed by atoms with Gasteiger partial charge in [0.15, 0.2) is 0 Å². The summed E-state index contributed by atoms with van der Waals surface area (Å²) >= 11 is 12.9. The van der Waals surface area contributed by atoms with Crippen LogP contribution in [0.5, 0.6) is 5.88 Å². The van der Waals surface area contributed by atoms with Crippen molar-refractivity contribution in [1.29, 1.82) is 0 Å². The highest BCUT2D eigenvalue weighted by molar-refractivity contribution is 6.32. The molecule has 3 aromatic heterocycles.